The normalized spacial score (nSPS) is 19.7. The number of carbonyl (C=O) groups excluding carboxylic acids is 2. The molecule has 0 aromatic heterocycles. The van der Waals surface area contributed by atoms with Gasteiger partial charge in [0, 0.05) is 52.1 Å². The summed E-state index contributed by atoms with van der Waals surface area (Å²) >= 11 is 0. The maximum absolute atomic E-state index is 12.0. The maximum Gasteiger partial charge on any atom is 0.222 e. The Hall–Kier alpha value is -1.92. The minimum absolute atomic E-state index is 0.00212. The van der Waals surface area contributed by atoms with Gasteiger partial charge in [-0.2, -0.15) is 0 Å². The largest absolute Gasteiger partial charge is 0.373 e. The standard InChI is InChI=1S/C23H37N3O3/c1-5-26(6-2)23(28)9-7-8-22(27)24-14-20-10-12-21(13-11-20)17-25-15-18(3)29-19(4)16-25/h10-13,18-19H,5-9,14-17H2,1-4H3,(H,24,27)/t18-,19+. The molecule has 1 N–H and O–H groups in total. The summed E-state index contributed by atoms with van der Waals surface area (Å²) in [6.45, 7) is 13.0. The second kappa shape index (κ2) is 11.9. The number of benzene rings is 1. The number of hydrogen-bond donors (Lipinski definition) is 1. The maximum atomic E-state index is 12.0. The number of hydrogen-bond acceptors (Lipinski definition) is 4. The van der Waals surface area contributed by atoms with Crippen LogP contribution in [0.5, 0.6) is 0 Å². The highest BCUT2D eigenvalue weighted by atomic mass is 16.5. The Bertz CT molecular complexity index is 633. The molecule has 0 spiro atoms. The van der Waals surface area contributed by atoms with Gasteiger partial charge in [0.15, 0.2) is 0 Å². The van der Waals surface area contributed by atoms with E-state index in [0.29, 0.717) is 25.8 Å². The summed E-state index contributed by atoms with van der Waals surface area (Å²) in [5.74, 6) is 0.125. The molecular weight excluding hydrogens is 366 g/mol. The van der Waals surface area contributed by atoms with E-state index in [-0.39, 0.29) is 24.0 Å². The smallest absolute Gasteiger partial charge is 0.222 e. The molecule has 1 aliphatic heterocycles. The number of nitrogens with one attached hydrogen (secondary N) is 1. The van der Waals surface area contributed by atoms with E-state index >= 15 is 0 Å². The molecule has 0 bridgehead atoms. The number of amides is 2. The zero-order valence-corrected chi connectivity index (χ0v) is 18.4. The number of nitrogens with zero attached hydrogens (tertiary/aromatic N) is 2. The van der Waals surface area contributed by atoms with E-state index in [1.807, 2.05) is 13.8 Å². The zero-order chi connectivity index (χ0) is 21.2. The van der Waals surface area contributed by atoms with Crippen molar-refractivity contribution in [3.63, 3.8) is 0 Å². The third-order valence-corrected chi connectivity index (χ3v) is 5.32. The Morgan fingerprint density at radius 3 is 2.21 bits per heavy atom. The summed E-state index contributed by atoms with van der Waals surface area (Å²) in [4.78, 5) is 28.2. The van der Waals surface area contributed by atoms with Gasteiger partial charge in [0.25, 0.3) is 0 Å². The third kappa shape index (κ3) is 8.15. The molecule has 29 heavy (non-hydrogen) atoms. The van der Waals surface area contributed by atoms with E-state index in [2.05, 4.69) is 48.3 Å². The number of morpholine rings is 1. The fourth-order valence-corrected chi connectivity index (χ4v) is 3.86. The summed E-state index contributed by atoms with van der Waals surface area (Å²) in [6, 6.07) is 8.42. The van der Waals surface area contributed by atoms with E-state index in [9.17, 15) is 9.59 Å². The van der Waals surface area contributed by atoms with E-state index in [1.165, 1.54) is 5.56 Å². The van der Waals surface area contributed by atoms with Crippen molar-refractivity contribution in [2.75, 3.05) is 26.2 Å². The highest BCUT2D eigenvalue weighted by Gasteiger charge is 2.21. The Balaban J connectivity index is 1.69. The van der Waals surface area contributed by atoms with Gasteiger partial charge in [0.1, 0.15) is 0 Å². The van der Waals surface area contributed by atoms with Gasteiger partial charge in [-0.15, -0.1) is 0 Å². The van der Waals surface area contributed by atoms with Crippen molar-refractivity contribution in [1.29, 1.82) is 0 Å². The van der Waals surface area contributed by atoms with Crippen LogP contribution >= 0.6 is 0 Å². The van der Waals surface area contributed by atoms with Crippen LogP contribution in [-0.4, -0.2) is 60.0 Å². The molecule has 6 nitrogen and oxygen atoms in total. The molecule has 1 aromatic carbocycles. The number of rotatable bonds is 10. The molecule has 1 aliphatic rings. The molecule has 1 fully saturated rings. The number of ether oxygens (including phenoxy) is 1. The Labute approximate surface area is 175 Å². The Morgan fingerprint density at radius 2 is 1.62 bits per heavy atom. The molecule has 1 aromatic rings. The van der Waals surface area contributed by atoms with Gasteiger partial charge in [-0.25, -0.2) is 0 Å². The van der Waals surface area contributed by atoms with Gasteiger partial charge in [-0.05, 0) is 45.2 Å². The second-order valence-electron chi connectivity index (χ2n) is 7.96. The first kappa shape index (κ1) is 23.4. The second-order valence-corrected chi connectivity index (χ2v) is 7.96. The van der Waals surface area contributed by atoms with Crippen LogP contribution in [0.1, 0.15) is 58.1 Å². The molecule has 2 rings (SSSR count). The summed E-state index contributed by atoms with van der Waals surface area (Å²) < 4.78 is 5.79. The molecule has 1 saturated heterocycles. The van der Waals surface area contributed by atoms with Gasteiger partial charge in [0.2, 0.25) is 11.8 Å². The van der Waals surface area contributed by atoms with Crippen LogP contribution in [0.15, 0.2) is 24.3 Å². The topological polar surface area (TPSA) is 61.9 Å². The predicted octanol–water partition coefficient (Wildman–Crippen LogP) is 2.95. The van der Waals surface area contributed by atoms with Crippen molar-refractivity contribution < 1.29 is 14.3 Å². The van der Waals surface area contributed by atoms with Crippen molar-refractivity contribution in [2.45, 2.75) is 72.3 Å². The SMILES string of the molecule is CCN(CC)C(=O)CCCC(=O)NCc1ccc(CN2C[C@@H](C)O[C@@H](C)C2)cc1. The lowest BCUT2D eigenvalue weighted by molar-refractivity contribution is -0.131. The molecule has 6 heteroatoms. The van der Waals surface area contributed by atoms with E-state index in [1.54, 1.807) is 4.90 Å². The van der Waals surface area contributed by atoms with Crippen molar-refractivity contribution in [3.05, 3.63) is 35.4 Å². The molecule has 2 atom stereocenters. The summed E-state index contributed by atoms with van der Waals surface area (Å²) in [6.07, 6.45) is 1.96. The quantitative estimate of drug-likeness (QED) is 0.652. The van der Waals surface area contributed by atoms with Crippen molar-refractivity contribution >= 4 is 11.8 Å². The molecule has 0 unspecified atom stereocenters. The third-order valence-electron chi connectivity index (χ3n) is 5.32. The lowest BCUT2D eigenvalue weighted by Crippen LogP contribution is -2.44. The fraction of sp³-hybridized carbons (Fsp3) is 0.652. The molecule has 162 valence electrons. The van der Waals surface area contributed by atoms with Crippen molar-refractivity contribution in [1.82, 2.24) is 15.1 Å². The van der Waals surface area contributed by atoms with Gasteiger partial charge in [0.05, 0.1) is 12.2 Å². The van der Waals surface area contributed by atoms with Crippen LogP contribution < -0.4 is 5.32 Å². The van der Waals surface area contributed by atoms with E-state index < -0.39 is 0 Å². The van der Waals surface area contributed by atoms with Crippen LogP contribution in [0.25, 0.3) is 0 Å². The molecular formula is C23H37N3O3. The van der Waals surface area contributed by atoms with Crippen LogP contribution in [0.4, 0.5) is 0 Å². The van der Waals surface area contributed by atoms with Gasteiger partial charge in [-0.1, -0.05) is 24.3 Å². The Morgan fingerprint density at radius 1 is 1.03 bits per heavy atom. The molecule has 2 amide bonds. The first-order valence-electron chi connectivity index (χ1n) is 10.9. The van der Waals surface area contributed by atoms with Crippen molar-refractivity contribution in [3.8, 4) is 0 Å². The summed E-state index contributed by atoms with van der Waals surface area (Å²) in [5, 5.41) is 2.95. The number of carbonyl (C=O) groups is 2. The van der Waals surface area contributed by atoms with E-state index in [0.717, 1.165) is 38.3 Å². The molecule has 0 saturated carbocycles. The van der Waals surface area contributed by atoms with Crippen LogP contribution in [0.3, 0.4) is 0 Å². The average Bonchev–Trinajstić information content (AvgIpc) is 2.67. The van der Waals surface area contributed by atoms with Gasteiger partial charge < -0.3 is 15.0 Å². The van der Waals surface area contributed by atoms with Crippen LogP contribution in [0, 0.1) is 0 Å². The fourth-order valence-electron chi connectivity index (χ4n) is 3.86. The van der Waals surface area contributed by atoms with E-state index in [4.69, 9.17) is 4.74 Å². The monoisotopic (exact) mass is 403 g/mol. The zero-order valence-electron chi connectivity index (χ0n) is 18.4. The highest BCUT2D eigenvalue weighted by Crippen LogP contribution is 2.15. The Kier molecular flexibility index (Phi) is 9.61. The van der Waals surface area contributed by atoms with Crippen molar-refractivity contribution in [2.24, 2.45) is 0 Å². The molecule has 0 radical (unpaired) electrons. The first-order valence-corrected chi connectivity index (χ1v) is 10.9. The van der Waals surface area contributed by atoms with Crippen LogP contribution in [-0.2, 0) is 27.4 Å². The highest BCUT2D eigenvalue weighted by molar-refractivity contribution is 5.78. The lowest BCUT2D eigenvalue weighted by atomic mass is 10.1. The minimum atomic E-state index is -0.00212. The van der Waals surface area contributed by atoms with Crippen LogP contribution in [0.2, 0.25) is 0 Å². The summed E-state index contributed by atoms with van der Waals surface area (Å²) in [7, 11) is 0. The molecule has 1 heterocycles. The summed E-state index contributed by atoms with van der Waals surface area (Å²) in [5.41, 5.74) is 2.36. The first-order chi connectivity index (χ1) is 13.9. The average molecular weight is 404 g/mol. The van der Waals surface area contributed by atoms with Gasteiger partial charge in [-0.3, -0.25) is 14.5 Å². The predicted molar refractivity (Wildman–Crippen MR) is 115 cm³/mol. The molecule has 0 aliphatic carbocycles. The van der Waals surface area contributed by atoms with Gasteiger partial charge >= 0.3 is 0 Å². The lowest BCUT2D eigenvalue weighted by Gasteiger charge is -2.35. The minimum Gasteiger partial charge on any atom is -0.373 e.